The maximum Gasteiger partial charge on any atom is 0.244 e. The molecule has 1 aliphatic rings. The number of amides is 2. The molecule has 0 saturated carbocycles. The average Bonchev–Trinajstić information content (AvgIpc) is 2.87. The molecule has 4 rings (SSSR count). The highest BCUT2D eigenvalue weighted by Gasteiger charge is 2.30. The number of fused-ring (bicyclic) bond motifs is 1. The summed E-state index contributed by atoms with van der Waals surface area (Å²) in [5.41, 5.74) is 2.60. The maximum atomic E-state index is 13.1. The summed E-state index contributed by atoms with van der Waals surface area (Å²) in [4.78, 5) is 28.4. The van der Waals surface area contributed by atoms with Crippen LogP contribution in [0.25, 0.3) is 0 Å². The molecule has 29 heavy (non-hydrogen) atoms. The van der Waals surface area contributed by atoms with Gasteiger partial charge in [0.1, 0.15) is 6.54 Å². The number of nitrogens with zero attached hydrogens (tertiary/aromatic N) is 1. The van der Waals surface area contributed by atoms with Crippen LogP contribution >= 0.6 is 27.7 Å². The Morgan fingerprint density at radius 3 is 2.45 bits per heavy atom. The zero-order chi connectivity index (χ0) is 20.2. The molecule has 0 bridgehead atoms. The van der Waals surface area contributed by atoms with E-state index in [4.69, 9.17) is 0 Å². The second-order valence-corrected chi connectivity index (χ2v) is 8.88. The van der Waals surface area contributed by atoms with Crippen molar-refractivity contribution in [2.45, 2.75) is 16.6 Å². The first-order valence-corrected chi connectivity index (χ1v) is 10.9. The van der Waals surface area contributed by atoms with Crippen molar-refractivity contribution in [2.24, 2.45) is 0 Å². The summed E-state index contributed by atoms with van der Waals surface area (Å²) in [5, 5.41) is 2.89. The maximum absolute atomic E-state index is 13.1. The van der Waals surface area contributed by atoms with E-state index in [-0.39, 0.29) is 23.6 Å². The minimum absolute atomic E-state index is 0.0179. The number of rotatable bonds is 4. The third-order valence-electron chi connectivity index (χ3n) is 4.69. The largest absolute Gasteiger partial charge is 0.325 e. The molecule has 146 valence electrons. The Balaban J connectivity index is 1.57. The summed E-state index contributed by atoms with van der Waals surface area (Å²) in [6, 6.07) is 25.2. The van der Waals surface area contributed by atoms with E-state index in [2.05, 4.69) is 21.2 Å². The van der Waals surface area contributed by atoms with Gasteiger partial charge in [0.2, 0.25) is 11.8 Å². The summed E-state index contributed by atoms with van der Waals surface area (Å²) in [5.74, 6) is -0.277. The van der Waals surface area contributed by atoms with Gasteiger partial charge in [0.25, 0.3) is 0 Å². The van der Waals surface area contributed by atoms with Crippen LogP contribution in [0.15, 0.2) is 88.2 Å². The van der Waals surface area contributed by atoms with Gasteiger partial charge in [-0.05, 0) is 42.0 Å². The minimum atomic E-state index is -0.223. The lowest BCUT2D eigenvalue weighted by Gasteiger charge is -2.22. The lowest BCUT2D eigenvalue weighted by Crippen LogP contribution is -2.38. The SMILES string of the molecule is O=C(CN1C(=O)C[C@H](c2ccccc2)Sc2ccccc21)Nc1ccc(Br)cc1. The van der Waals surface area contributed by atoms with Gasteiger partial charge < -0.3 is 10.2 Å². The van der Waals surface area contributed by atoms with Crippen LogP contribution in [0.2, 0.25) is 0 Å². The van der Waals surface area contributed by atoms with Gasteiger partial charge in [0, 0.05) is 26.7 Å². The Labute approximate surface area is 182 Å². The smallest absolute Gasteiger partial charge is 0.244 e. The molecule has 1 heterocycles. The predicted molar refractivity (Wildman–Crippen MR) is 121 cm³/mol. The van der Waals surface area contributed by atoms with Crippen molar-refractivity contribution < 1.29 is 9.59 Å². The number of benzene rings is 3. The number of hydrogen-bond donors (Lipinski definition) is 1. The van der Waals surface area contributed by atoms with Crippen LogP contribution in [0, 0.1) is 0 Å². The van der Waals surface area contributed by atoms with Crippen molar-refractivity contribution in [3.8, 4) is 0 Å². The number of carbonyl (C=O) groups is 2. The van der Waals surface area contributed by atoms with E-state index < -0.39 is 0 Å². The topological polar surface area (TPSA) is 49.4 Å². The molecule has 1 aliphatic heterocycles. The molecule has 3 aromatic rings. The number of nitrogens with one attached hydrogen (secondary N) is 1. The molecule has 1 N–H and O–H groups in total. The van der Waals surface area contributed by atoms with E-state index in [9.17, 15) is 9.59 Å². The molecule has 1 atom stereocenters. The van der Waals surface area contributed by atoms with Crippen LogP contribution in [0.1, 0.15) is 17.2 Å². The summed E-state index contributed by atoms with van der Waals surface area (Å²) in [6.45, 7) is -0.0199. The Hall–Kier alpha value is -2.57. The molecular weight excluding hydrogens is 448 g/mol. The van der Waals surface area contributed by atoms with E-state index in [1.54, 1.807) is 16.7 Å². The first kappa shape index (κ1) is 19.7. The number of thioether (sulfide) groups is 1. The van der Waals surface area contributed by atoms with Crippen LogP contribution in [-0.2, 0) is 9.59 Å². The Morgan fingerprint density at radius 2 is 1.69 bits per heavy atom. The number of para-hydroxylation sites is 1. The zero-order valence-electron chi connectivity index (χ0n) is 15.5. The molecule has 3 aromatic carbocycles. The summed E-state index contributed by atoms with van der Waals surface area (Å²) in [6.07, 6.45) is 0.342. The Bertz CT molecular complexity index is 1020. The molecule has 0 radical (unpaired) electrons. The molecule has 0 saturated heterocycles. The summed E-state index contributed by atoms with van der Waals surface area (Å²) >= 11 is 5.05. The predicted octanol–water partition coefficient (Wildman–Crippen LogP) is 5.66. The van der Waals surface area contributed by atoms with E-state index in [0.29, 0.717) is 12.1 Å². The van der Waals surface area contributed by atoms with Gasteiger partial charge in [-0.25, -0.2) is 0 Å². The van der Waals surface area contributed by atoms with Crippen LogP contribution in [-0.4, -0.2) is 18.4 Å². The van der Waals surface area contributed by atoms with E-state index in [1.165, 1.54) is 0 Å². The van der Waals surface area contributed by atoms with Crippen LogP contribution in [0.3, 0.4) is 0 Å². The van der Waals surface area contributed by atoms with Crippen molar-refractivity contribution in [3.63, 3.8) is 0 Å². The van der Waals surface area contributed by atoms with E-state index >= 15 is 0 Å². The highest BCUT2D eigenvalue weighted by atomic mass is 79.9. The van der Waals surface area contributed by atoms with Crippen LogP contribution < -0.4 is 10.2 Å². The van der Waals surface area contributed by atoms with Crippen molar-refractivity contribution in [1.29, 1.82) is 0 Å². The van der Waals surface area contributed by atoms with Gasteiger partial charge in [0.15, 0.2) is 0 Å². The van der Waals surface area contributed by atoms with E-state index in [1.807, 2.05) is 78.9 Å². The quantitative estimate of drug-likeness (QED) is 0.539. The van der Waals surface area contributed by atoms with Crippen LogP contribution in [0.4, 0.5) is 11.4 Å². The fraction of sp³-hybridized carbons (Fsp3) is 0.130. The minimum Gasteiger partial charge on any atom is -0.325 e. The zero-order valence-corrected chi connectivity index (χ0v) is 17.9. The monoisotopic (exact) mass is 466 g/mol. The van der Waals surface area contributed by atoms with Gasteiger partial charge in [-0.3, -0.25) is 9.59 Å². The first-order valence-electron chi connectivity index (χ1n) is 9.26. The fourth-order valence-corrected chi connectivity index (χ4v) is 4.83. The third kappa shape index (κ3) is 4.71. The number of hydrogen-bond acceptors (Lipinski definition) is 3. The number of anilines is 2. The van der Waals surface area contributed by atoms with Crippen molar-refractivity contribution in [3.05, 3.63) is 88.9 Å². The van der Waals surface area contributed by atoms with Gasteiger partial charge in [-0.1, -0.05) is 58.4 Å². The molecule has 2 amide bonds. The lowest BCUT2D eigenvalue weighted by atomic mass is 10.1. The van der Waals surface area contributed by atoms with Crippen molar-refractivity contribution >= 4 is 50.9 Å². The standard InChI is InChI=1S/C23H19BrN2O2S/c24-17-10-12-18(13-11-17)25-22(27)15-26-19-8-4-5-9-20(19)29-21(14-23(26)28)16-6-2-1-3-7-16/h1-13,21H,14-15H2,(H,25,27)/t21-/m1/s1. The summed E-state index contributed by atoms with van der Waals surface area (Å²) in [7, 11) is 0. The first-order chi connectivity index (χ1) is 14.1. The van der Waals surface area contributed by atoms with Gasteiger partial charge in [-0.2, -0.15) is 0 Å². The highest BCUT2D eigenvalue weighted by molar-refractivity contribution is 9.10. The molecule has 0 fully saturated rings. The van der Waals surface area contributed by atoms with E-state index in [0.717, 1.165) is 20.6 Å². The second kappa shape index (κ2) is 8.84. The molecule has 4 nitrogen and oxygen atoms in total. The van der Waals surface area contributed by atoms with Gasteiger partial charge >= 0.3 is 0 Å². The lowest BCUT2D eigenvalue weighted by molar-refractivity contribution is -0.121. The molecule has 0 spiro atoms. The Kier molecular flexibility index (Phi) is 6.02. The molecular formula is C23H19BrN2O2S. The van der Waals surface area contributed by atoms with Gasteiger partial charge in [-0.15, -0.1) is 11.8 Å². The highest BCUT2D eigenvalue weighted by Crippen LogP contribution is 2.45. The van der Waals surface area contributed by atoms with Gasteiger partial charge in [0.05, 0.1) is 5.69 Å². The molecule has 0 aromatic heterocycles. The number of carbonyl (C=O) groups excluding carboxylic acids is 2. The third-order valence-corrected chi connectivity index (χ3v) is 6.54. The van der Waals surface area contributed by atoms with Crippen molar-refractivity contribution in [1.82, 2.24) is 0 Å². The van der Waals surface area contributed by atoms with Crippen molar-refractivity contribution in [2.75, 3.05) is 16.8 Å². The Morgan fingerprint density at radius 1 is 1.00 bits per heavy atom. The fourth-order valence-electron chi connectivity index (χ4n) is 3.28. The normalized spacial score (nSPS) is 16.1. The average molecular weight is 467 g/mol. The molecule has 0 unspecified atom stereocenters. The molecule has 6 heteroatoms. The number of halogens is 1. The summed E-state index contributed by atoms with van der Waals surface area (Å²) < 4.78 is 0.941. The second-order valence-electron chi connectivity index (χ2n) is 6.72. The van der Waals surface area contributed by atoms with Crippen LogP contribution in [0.5, 0.6) is 0 Å². The molecule has 0 aliphatic carbocycles.